The van der Waals surface area contributed by atoms with Crippen molar-refractivity contribution in [3.05, 3.63) is 12.3 Å². The fourth-order valence-corrected chi connectivity index (χ4v) is 0.595. The molecule has 0 saturated heterocycles. The van der Waals surface area contributed by atoms with E-state index in [1.807, 2.05) is 0 Å². The third-order valence-corrected chi connectivity index (χ3v) is 1.03. The van der Waals surface area contributed by atoms with E-state index >= 15 is 0 Å². The van der Waals surface area contributed by atoms with E-state index in [4.69, 9.17) is 0 Å². The van der Waals surface area contributed by atoms with E-state index in [2.05, 4.69) is 26.9 Å². The van der Waals surface area contributed by atoms with Crippen LogP contribution in [0.25, 0.3) is 0 Å². The molecule has 0 aromatic carbocycles. The molecule has 0 radical (unpaired) electrons. The summed E-state index contributed by atoms with van der Waals surface area (Å²) in [7, 11) is 2.76. The first-order valence-corrected chi connectivity index (χ1v) is 3.23. The van der Waals surface area contributed by atoms with Crippen molar-refractivity contribution in [2.24, 2.45) is 5.16 Å². The van der Waals surface area contributed by atoms with Crippen molar-refractivity contribution < 1.29 is 14.5 Å². The molecule has 0 spiro atoms. The second kappa shape index (κ2) is 5.31. The van der Waals surface area contributed by atoms with Crippen molar-refractivity contribution in [2.45, 2.75) is 6.92 Å². The van der Waals surface area contributed by atoms with E-state index in [0.29, 0.717) is 0 Å². The third-order valence-electron chi connectivity index (χ3n) is 1.03. The van der Waals surface area contributed by atoms with Gasteiger partial charge < -0.3 is 4.84 Å². The zero-order valence-corrected chi connectivity index (χ0v) is 7.38. The van der Waals surface area contributed by atoms with Crippen LogP contribution in [0, 0.1) is 0 Å². The van der Waals surface area contributed by atoms with Gasteiger partial charge in [0.05, 0.1) is 12.8 Å². The Morgan fingerprint density at radius 2 is 2.08 bits per heavy atom. The van der Waals surface area contributed by atoms with E-state index in [1.165, 1.54) is 21.1 Å². The van der Waals surface area contributed by atoms with Crippen LogP contribution in [0.3, 0.4) is 0 Å². The lowest BCUT2D eigenvalue weighted by atomic mass is 10.2. The molecular weight excluding hydrogens is 160 g/mol. The number of oxime groups is 1. The highest BCUT2D eigenvalue weighted by molar-refractivity contribution is 6.44. The minimum Gasteiger partial charge on any atom is -0.398 e. The topological polar surface area (TPSA) is 59.9 Å². The van der Waals surface area contributed by atoms with Gasteiger partial charge in [-0.05, 0) is 0 Å². The first-order valence-electron chi connectivity index (χ1n) is 3.23. The predicted molar refractivity (Wildman–Crippen MR) is 44.4 cm³/mol. The Hall–Kier alpha value is -1.36. The summed E-state index contributed by atoms with van der Waals surface area (Å²) in [5.41, 5.74) is 2.77. The van der Waals surface area contributed by atoms with E-state index < -0.39 is 0 Å². The van der Waals surface area contributed by atoms with Crippen molar-refractivity contribution in [2.75, 3.05) is 14.2 Å². The van der Waals surface area contributed by atoms with Gasteiger partial charge in [0, 0.05) is 6.92 Å². The highest BCUT2D eigenvalue weighted by Crippen LogP contribution is 1.93. The molecule has 12 heavy (non-hydrogen) atoms. The molecule has 0 aliphatic rings. The fraction of sp³-hybridized carbons (Fsp3) is 0.429. The van der Waals surface area contributed by atoms with E-state index in [9.17, 15) is 4.79 Å². The number of carbonyl (C=O) groups is 1. The minimum absolute atomic E-state index is 0.111. The Balaban J connectivity index is 4.41. The highest BCUT2D eigenvalue weighted by Gasteiger charge is 2.10. The van der Waals surface area contributed by atoms with Gasteiger partial charge in [-0.2, -0.15) is 0 Å². The minimum atomic E-state index is -0.244. The van der Waals surface area contributed by atoms with Crippen molar-refractivity contribution in [1.29, 1.82) is 0 Å². The Morgan fingerprint density at radius 1 is 1.50 bits per heavy atom. The van der Waals surface area contributed by atoms with Gasteiger partial charge >= 0.3 is 0 Å². The predicted octanol–water partition coefficient (Wildman–Crippen LogP) is 0.242. The number of ketones is 1. The fourth-order valence-electron chi connectivity index (χ4n) is 0.595. The van der Waals surface area contributed by atoms with Crippen LogP contribution < -0.4 is 5.48 Å². The number of nitrogens with zero attached hydrogens (tertiary/aromatic N) is 1. The summed E-state index contributed by atoms with van der Waals surface area (Å²) < 4.78 is 0. The average Bonchev–Trinajstić information content (AvgIpc) is 1.99. The van der Waals surface area contributed by atoms with Gasteiger partial charge in [0.15, 0.2) is 11.5 Å². The maximum atomic E-state index is 10.9. The monoisotopic (exact) mass is 172 g/mol. The molecule has 0 atom stereocenters. The summed E-state index contributed by atoms with van der Waals surface area (Å²) in [6.07, 6.45) is 0. The summed E-state index contributed by atoms with van der Waals surface area (Å²) >= 11 is 0. The summed E-state index contributed by atoms with van der Waals surface area (Å²) in [5, 5.41) is 3.47. The molecule has 0 unspecified atom stereocenters. The third kappa shape index (κ3) is 3.16. The molecule has 0 aromatic heterocycles. The number of Topliss-reactive ketones (excluding diaryl/α,β-unsaturated/α-hetero) is 1. The normalized spacial score (nSPS) is 10.8. The van der Waals surface area contributed by atoms with Crippen LogP contribution in [-0.2, 0) is 14.5 Å². The van der Waals surface area contributed by atoms with Gasteiger partial charge in [-0.25, -0.2) is 0 Å². The molecular formula is C7H12N2O3. The van der Waals surface area contributed by atoms with Gasteiger partial charge in [0.25, 0.3) is 0 Å². The van der Waals surface area contributed by atoms with Gasteiger partial charge in [0.2, 0.25) is 0 Å². The Kier molecular flexibility index (Phi) is 4.71. The van der Waals surface area contributed by atoms with Crippen LogP contribution >= 0.6 is 0 Å². The highest BCUT2D eigenvalue weighted by atomic mass is 16.6. The average molecular weight is 172 g/mol. The molecule has 5 heteroatoms. The second-order valence-electron chi connectivity index (χ2n) is 1.96. The quantitative estimate of drug-likeness (QED) is 0.476. The van der Waals surface area contributed by atoms with E-state index in [1.54, 1.807) is 0 Å². The van der Waals surface area contributed by atoms with Crippen molar-refractivity contribution >= 4 is 11.5 Å². The number of allylic oxidation sites excluding steroid dienone is 1. The molecule has 0 aliphatic heterocycles. The SMILES string of the molecule is C=C(NOC)C(=NOC)C(C)=O. The lowest BCUT2D eigenvalue weighted by Gasteiger charge is -2.05. The van der Waals surface area contributed by atoms with Gasteiger partial charge in [-0.1, -0.05) is 11.7 Å². The van der Waals surface area contributed by atoms with Gasteiger partial charge in [0.1, 0.15) is 7.11 Å². The lowest BCUT2D eigenvalue weighted by Crippen LogP contribution is -2.23. The molecule has 68 valence electrons. The molecule has 0 bridgehead atoms. The first kappa shape index (κ1) is 10.6. The largest absolute Gasteiger partial charge is 0.398 e. The summed E-state index contributed by atoms with van der Waals surface area (Å²) in [6.45, 7) is 4.88. The Labute approximate surface area is 71.0 Å². The second-order valence-corrected chi connectivity index (χ2v) is 1.96. The maximum Gasteiger partial charge on any atom is 0.183 e. The zero-order chi connectivity index (χ0) is 9.56. The standard InChI is InChI=1S/C7H12N2O3/c1-5(8-11-3)7(6(2)10)9-12-4/h8H,1H2,2-4H3. The van der Waals surface area contributed by atoms with Gasteiger partial charge in [-0.3, -0.25) is 15.1 Å². The molecule has 0 amide bonds. The van der Waals surface area contributed by atoms with Crippen LogP contribution in [0.15, 0.2) is 17.4 Å². The molecule has 0 heterocycles. The lowest BCUT2D eigenvalue weighted by molar-refractivity contribution is -0.111. The van der Waals surface area contributed by atoms with Crippen LogP contribution in [0.2, 0.25) is 0 Å². The number of rotatable bonds is 5. The Morgan fingerprint density at radius 3 is 2.42 bits per heavy atom. The molecule has 0 rings (SSSR count). The Bertz CT molecular complexity index is 211. The van der Waals surface area contributed by atoms with Crippen molar-refractivity contribution in [3.63, 3.8) is 0 Å². The molecule has 1 N–H and O–H groups in total. The van der Waals surface area contributed by atoms with Crippen LogP contribution in [0.5, 0.6) is 0 Å². The first-order chi connectivity index (χ1) is 5.63. The van der Waals surface area contributed by atoms with Crippen LogP contribution in [0.4, 0.5) is 0 Å². The number of carbonyl (C=O) groups excluding carboxylic acids is 1. The maximum absolute atomic E-state index is 10.9. The molecule has 0 aliphatic carbocycles. The smallest absolute Gasteiger partial charge is 0.183 e. The number of hydrogen-bond donors (Lipinski definition) is 1. The summed E-state index contributed by atoms with van der Waals surface area (Å²) in [4.78, 5) is 19.9. The number of nitrogens with one attached hydrogen (secondary N) is 1. The zero-order valence-electron chi connectivity index (χ0n) is 7.38. The van der Waals surface area contributed by atoms with Crippen molar-refractivity contribution in [3.8, 4) is 0 Å². The summed E-state index contributed by atoms with van der Waals surface area (Å²) in [6, 6.07) is 0. The van der Waals surface area contributed by atoms with E-state index in [0.717, 1.165) is 0 Å². The molecule has 5 nitrogen and oxygen atoms in total. The van der Waals surface area contributed by atoms with Gasteiger partial charge in [-0.15, -0.1) is 0 Å². The number of hydrogen-bond acceptors (Lipinski definition) is 5. The van der Waals surface area contributed by atoms with Crippen LogP contribution in [0.1, 0.15) is 6.92 Å². The van der Waals surface area contributed by atoms with Crippen molar-refractivity contribution in [1.82, 2.24) is 5.48 Å². The van der Waals surface area contributed by atoms with Crippen LogP contribution in [-0.4, -0.2) is 25.7 Å². The number of hydroxylamine groups is 1. The molecule has 0 saturated carbocycles. The summed E-state index contributed by atoms with van der Waals surface area (Å²) in [5.74, 6) is -0.244. The van der Waals surface area contributed by atoms with E-state index in [-0.39, 0.29) is 17.2 Å². The molecule has 0 fully saturated rings. The molecule has 0 aromatic rings.